The topological polar surface area (TPSA) is 93.1 Å². The molecular weight excluding hydrogens is 492 g/mol. The van der Waals surface area contributed by atoms with Crippen LogP contribution in [0.3, 0.4) is 0 Å². The highest BCUT2D eigenvalue weighted by Crippen LogP contribution is 2.38. The Bertz CT molecular complexity index is 1320. The molecule has 0 bridgehead atoms. The van der Waals surface area contributed by atoms with Crippen LogP contribution >= 0.6 is 0 Å². The Hall–Kier alpha value is -3.90. The maximum atomic E-state index is 13.9. The first-order chi connectivity index (χ1) is 18.6. The van der Waals surface area contributed by atoms with Gasteiger partial charge in [-0.2, -0.15) is 0 Å². The van der Waals surface area contributed by atoms with E-state index in [4.69, 9.17) is 9.47 Å². The second-order valence-electron chi connectivity index (χ2n) is 10.9. The number of benzene rings is 2. The number of carbonyl (C=O) groups excluding carboxylic acids is 2. The predicted molar refractivity (Wildman–Crippen MR) is 151 cm³/mol. The number of allylic oxidation sites excluding steroid dienone is 1. The smallest absolute Gasteiger partial charge is 0.348 e. The van der Waals surface area contributed by atoms with Crippen LogP contribution in [0.1, 0.15) is 57.6 Å². The fourth-order valence-electron chi connectivity index (χ4n) is 4.87. The van der Waals surface area contributed by atoms with Crippen LogP contribution in [-0.4, -0.2) is 34.4 Å². The second kappa shape index (κ2) is 11.9. The molecule has 4 rings (SSSR count). The lowest BCUT2D eigenvalue weighted by Gasteiger charge is -2.32. The van der Waals surface area contributed by atoms with E-state index >= 15 is 0 Å². The van der Waals surface area contributed by atoms with E-state index in [1.165, 1.54) is 0 Å². The fraction of sp³-hybridized carbons (Fsp3) is 0.333. The van der Waals surface area contributed by atoms with Crippen molar-refractivity contribution in [3.05, 3.63) is 108 Å². The Morgan fingerprint density at radius 3 is 2.33 bits per heavy atom. The minimum absolute atomic E-state index is 0.00990. The molecule has 1 aliphatic heterocycles. The van der Waals surface area contributed by atoms with Crippen molar-refractivity contribution in [2.24, 2.45) is 11.3 Å². The van der Waals surface area contributed by atoms with Crippen LogP contribution in [0.2, 0.25) is 0 Å². The first-order valence-corrected chi connectivity index (χ1v) is 13.4. The summed E-state index contributed by atoms with van der Waals surface area (Å²) in [5.74, 6) is -1.86. The average Bonchev–Trinajstić information content (AvgIpc) is 3.21. The third-order valence-electron chi connectivity index (χ3n) is 7.43. The van der Waals surface area contributed by atoms with Gasteiger partial charge in [0, 0.05) is 5.41 Å². The third-order valence-corrected chi connectivity index (χ3v) is 7.43. The summed E-state index contributed by atoms with van der Waals surface area (Å²) >= 11 is 0. The van der Waals surface area contributed by atoms with Gasteiger partial charge in [-0.1, -0.05) is 100 Å². The van der Waals surface area contributed by atoms with Gasteiger partial charge in [0.25, 0.3) is 0 Å². The first-order valence-electron chi connectivity index (χ1n) is 13.4. The van der Waals surface area contributed by atoms with Gasteiger partial charge in [0.05, 0.1) is 6.10 Å². The zero-order valence-electron chi connectivity index (χ0n) is 22.7. The van der Waals surface area contributed by atoms with E-state index in [1.807, 2.05) is 13.8 Å². The molecule has 0 saturated carbocycles. The van der Waals surface area contributed by atoms with Crippen LogP contribution < -0.4 is 0 Å². The van der Waals surface area contributed by atoms with E-state index in [0.29, 0.717) is 36.0 Å². The Morgan fingerprint density at radius 2 is 1.67 bits per heavy atom. The van der Waals surface area contributed by atoms with E-state index in [2.05, 4.69) is 25.7 Å². The van der Waals surface area contributed by atoms with Crippen molar-refractivity contribution in [3.63, 3.8) is 0 Å². The van der Waals surface area contributed by atoms with Crippen LogP contribution in [0, 0.1) is 11.3 Å². The van der Waals surface area contributed by atoms with Crippen LogP contribution in [0.4, 0.5) is 0 Å². The fourth-order valence-corrected chi connectivity index (χ4v) is 4.87. The maximum absolute atomic E-state index is 13.9. The van der Waals surface area contributed by atoms with E-state index in [-0.39, 0.29) is 22.8 Å². The van der Waals surface area contributed by atoms with Crippen LogP contribution in [0.5, 0.6) is 0 Å². The highest BCUT2D eigenvalue weighted by Gasteiger charge is 2.38. The number of carbonyl (C=O) groups is 2. The van der Waals surface area contributed by atoms with E-state index in [0.717, 1.165) is 6.42 Å². The summed E-state index contributed by atoms with van der Waals surface area (Å²) in [6.07, 6.45) is 5.34. The summed E-state index contributed by atoms with van der Waals surface area (Å²) in [4.78, 5) is 26.8. The summed E-state index contributed by atoms with van der Waals surface area (Å²) in [6.45, 7) is 10.2. The number of esters is 2. The summed E-state index contributed by atoms with van der Waals surface area (Å²) in [6, 6.07) is 17.4. The van der Waals surface area contributed by atoms with Gasteiger partial charge in [0.1, 0.15) is 17.3 Å². The minimum Gasteiger partial charge on any atom is -0.504 e. The van der Waals surface area contributed by atoms with Crippen molar-refractivity contribution < 1.29 is 29.3 Å². The third kappa shape index (κ3) is 6.40. The summed E-state index contributed by atoms with van der Waals surface area (Å²) in [5.41, 5.74) is 1.06. The molecule has 2 aliphatic rings. The number of rotatable bonds is 4. The molecular formula is C33H36O6. The summed E-state index contributed by atoms with van der Waals surface area (Å²) in [5, 5.41) is 21.7. The Labute approximate surface area is 230 Å². The molecule has 2 N–H and O–H groups in total. The van der Waals surface area contributed by atoms with Gasteiger partial charge >= 0.3 is 11.9 Å². The Morgan fingerprint density at radius 1 is 1.03 bits per heavy atom. The largest absolute Gasteiger partial charge is 0.504 e. The second-order valence-corrected chi connectivity index (χ2v) is 10.9. The van der Waals surface area contributed by atoms with Crippen molar-refractivity contribution in [1.82, 2.24) is 0 Å². The first kappa shape index (κ1) is 28.1. The predicted octanol–water partition coefficient (Wildman–Crippen LogP) is 6.55. The van der Waals surface area contributed by atoms with E-state index in [9.17, 15) is 19.8 Å². The normalized spacial score (nSPS) is 25.1. The van der Waals surface area contributed by atoms with Crippen molar-refractivity contribution >= 4 is 23.1 Å². The van der Waals surface area contributed by atoms with Gasteiger partial charge in [-0.15, -0.1) is 0 Å². The molecule has 0 amide bonds. The molecule has 0 aromatic heterocycles. The van der Waals surface area contributed by atoms with Gasteiger partial charge in [0.2, 0.25) is 0 Å². The SMILES string of the molecule is C=C1CCC(OC(=O)C(=C2OC(=O)C(c3ccccc3)=C2O)c2ccccc2)C(C)(C)C=CC(C)CCC1O. The Balaban J connectivity index is 1.76. The van der Waals surface area contributed by atoms with Crippen molar-refractivity contribution in [1.29, 1.82) is 0 Å². The number of aliphatic hydroxyl groups is 2. The lowest BCUT2D eigenvalue weighted by Crippen LogP contribution is -2.33. The zero-order chi connectivity index (χ0) is 28.2. The number of aliphatic hydroxyl groups excluding tert-OH is 2. The molecule has 6 nitrogen and oxygen atoms in total. The van der Waals surface area contributed by atoms with Crippen molar-refractivity contribution in [2.75, 3.05) is 0 Å². The minimum atomic E-state index is -0.743. The molecule has 3 atom stereocenters. The standard InChI is InChI=1S/C33H36O6/c1-21-15-17-25(34)22(2)16-18-26(33(3,4)20-19-21)38-32(37)28(24-13-9-6-10-14-24)30-29(35)27(31(36)39-30)23-11-7-5-8-12-23/h5-14,19-21,25-26,34-35H,2,15-18H2,1,3-4H3. The van der Waals surface area contributed by atoms with Gasteiger partial charge in [-0.25, -0.2) is 9.59 Å². The molecule has 1 aliphatic carbocycles. The van der Waals surface area contributed by atoms with Crippen LogP contribution in [0.25, 0.3) is 11.1 Å². The molecule has 39 heavy (non-hydrogen) atoms. The average molecular weight is 529 g/mol. The highest BCUT2D eigenvalue weighted by molar-refractivity contribution is 6.25. The van der Waals surface area contributed by atoms with Crippen LogP contribution in [0.15, 0.2) is 96.5 Å². The number of hydrogen-bond acceptors (Lipinski definition) is 6. The number of ether oxygens (including phenoxy) is 2. The Kier molecular flexibility index (Phi) is 8.56. The van der Waals surface area contributed by atoms with E-state index < -0.39 is 35.3 Å². The van der Waals surface area contributed by atoms with Crippen molar-refractivity contribution in [2.45, 2.75) is 58.7 Å². The molecule has 3 unspecified atom stereocenters. The molecule has 0 spiro atoms. The highest BCUT2D eigenvalue weighted by atomic mass is 16.6. The lowest BCUT2D eigenvalue weighted by atomic mass is 9.82. The quantitative estimate of drug-likeness (QED) is 0.266. The molecule has 204 valence electrons. The van der Waals surface area contributed by atoms with Gasteiger partial charge in [-0.3, -0.25) is 0 Å². The molecule has 6 heteroatoms. The van der Waals surface area contributed by atoms with Gasteiger partial charge < -0.3 is 19.7 Å². The molecule has 2 aromatic carbocycles. The lowest BCUT2D eigenvalue weighted by molar-refractivity contribution is -0.146. The maximum Gasteiger partial charge on any atom is 0.348 e. The molecule has 0 radical (unpaired) electrons. The summed E-state index contributed by atoms with van der Waals surface area (Å²) in [7, 11) is 0. The van der Waals surface area contributed by atoms with Crippen molar-refractivity contribution in [3.8, 4) is 0 Å². The number of cyclic esters (lactones) is 1. The zero-order valence-corrected chi connectivity index (χ0v) is 22.7. The molecule has 2 aromatic rings. The molecule has 1 heterocycles. The molecule has 0 saturated heterocycles. The van der Waals surface area contributed by atoms with Crippen LogP contribution in [-0.2, 0) is 19.1 Å². The summed E-state index contributed by atoms with van der Waals surface area (Å²) < 4.78 is 11.7. The van der Waals surface area contributed by atoms with E-state index in [1.54, 1.807) is 60.7 Å². The monoisotopic (exact) mass is 528 g/mol. The van der Waals surface area contributed by atoms with Gasteiger partial charge in [0.15, 0.2) is 11.5 Å². The molecule has 0 fully saturated rings. The number of hydrogen-bond donors (Lipinski definition) is 2. The van der Waals surface area contributed by atoms with Gasteiger partial charge in [-0.05, 0) is 48.3 Å².